The third-order valence-corrected chi connectivity index (χ3v) is 7.11. The highest BCUT2D eigenvalue weighted by Gasteiger charge is 2.51. The van der Waals surface area contributed by atoms with Crippen LogP contribution in [-0.4, -0.2) is 52.4 Å². The molecule has 0 spiro atoms. The lowest BCUT2D eigenvalue weighted by Crippen LogP contribution is -2.50. The normalized spacial score (nSPS) is 18.5. The standard InChI is InChI=1S/C30H28N4O4/c35-29(37-20-22-8-3-1-4-9-22)33-25-16-26(34(33)30(36)38-21-23-10-5-2-6-11-23)19-32(18-25)28-13-7-12-24-17-31-15-14-27(24)28/h1-15,17,25-26H,16,18-21H2/t25-,26+. The summed E-state index contributed by atoms with van der Waals surface area (Å²) in [7, 11) is 0. The summed E-state index contributed by atoms with van der Waals surface area (Å²) in [6, 6.07) is 26.7. The summed E-state index contributed by atoms with van der Waals surface area (Å²) in [5, 5.41) is 5.06. The largest absolute Gasteiger partial charge is 0.443 e. The Hall–Kier alpha value is -4.59. The Labute approximate surface area is 221 Å². The Bertz CT molecular complexity index is 1360. The first-order chi connectivity index (χ1) is 18.7. The first-order valence-electron chi connectivity index (χ1n) is 12.7. The van der Waals surface area contributed by atoms with E-state index in [1.807, 2.05) is 85.1 Å². The third kappa shape index (κ3) is 4.72. The monoisotopic (exact) mass is 508 g/mol. The van der Waals surface area contributed by atoms with Crippen molar-refractivity contribution in [3.63, 3.8) is 0 Å². The predicted molar refractivity (Wildman–Crippen MR) is 143 cm³/mol. The van der Waals surface area contributed by atoms with E-state index < -0.39 is 12.2 Å². The fourth-order valence-electron chi connectivity index (χ4n) is 5.38. The maximum atomic E-state index is 13.4. The van der Waals surface area contributed by atoms with Gasteiger partial charge in [0.05, 0.1) is 12.1 Å². The van der Waals surface area contributed by atoms with Crippen LogP contribution in [0.15, 0.2) is 97.3 Å². The smallest absolute Gasteiger partial charge is 0.429 e. The molecule has 1 aromatic heterocycles. The first-order valence-corrected chi connectivity index (χ1v) is 12.7. The van der Waals surface area contributed by atoms with E-state index in [2.05, 4.69) is 16.0 Å². The van der Waals surface area contributed by atoms with Crippen molar-refractivity contribution in [1.29, 1.82) is 0 Å². The SMILES string of the molecule is O=C(OCc1ccccc1)N1[C@@H]2C[C@@H](CN(c3cccc4cnccc34)C2)N1C(=O)OCc1ccccc1. The number of pyridine rings is 1. The Balaban J connectivity index is 1.26. The zero-order chi connectivity index (χ0) is 25.9. The van der Waals surface area contributed by atoms with Crippen molar-refractivity contribution in [3.8, 4) is 0 Å². The van der Waals surface area contributed by atoms with Crippen molar-refractivity contribution < 1.29 is 19.1 Å². The molecule has 0 radical (unpaired) electrons. The summed E-state index contributed by atoms with van der Waals surface area (Å²) >= 11 is 0. The second kappa shape index (κ2) is 10.4. The van der Waals surface area contributed by atoms with Crippen LogP contribution in [-0.2, 0) is 22.7 Å². The lowest BCUT2D eigenvalue weighted by molar-refractivity contribution is -0.0199. The van der Waals surface area contributed by atoms with Crippen molar-refractivity contribution in [1.82, 2.24) is 15.0 Å². The van der Waals surface area contributed by atoms with Crippen molar-refractivity contribution in [2.75, 3.05) is 18.0 Å². The molecule has 8 nitrogen and oxygen atoms in total. The van der Waals surface area contributed by atoms with Gasteiger partial charge in [0.1, 0.15) is 13.2 Å². The second-order valence-electron chi connectivity index (χ2n) is 9.59. The van der Waals surface area contributed by atoms with Gasteiger partial charge in [-0.05, 0) is 29.7 Å². The maximum Gasteiger partial charge on any atom is 0.429 e. The van der Waals surface area contributed by atoms with Crippen molar-refractivity contribution in [3.05, 3.63) is 108 Å². The summed E-state index contributed by atoms with van der Waals surface area (Å²) < 4.78 is 11.4. The van der Waals surface area contributed by atoms with Crippen LogP contribution in [0.3, 0.4) is 0 Å². The molecule has 38 heavy (non-hydrogen) atoms. The third-order valence-electron chi connectivity index (χ3n) is 7.11. The summed E-state index contributed by atoms with van der Waals surface area (Å²) in [6.07, 6.45) is 3.18. The van der Waals surface area contributed by atoms with Crippen LogP contribution in [0, 0.1) is 0 Å². The Morgan fingerprint density at radius 3 is 1.89 bits per heavy atom. The van der Waals surface area contributed by atoms with Crippen molar-refractivity contribution in [2.24, 2.45) is 0 Å². The van der Waals surface area contributed by atoms with Crippen molar-refractivity contribution >= 4 is 28.6 Å². The molecule has 3 aromatic carbocycles. The molecule has 192 valence electrons. The van der Waals surface area contributed by atoms with E-state index in [0.717, 1.165) is 27.6 Å². The molecular formula is C30H28N4O4. The first kappa shape index (κ1) is 23.8. The molecule has 2 aliphatic heterocycles. The van der Waals surface area contributed by atoms with Crippen LogP contribution in [0.1, 0.15) is 17.5 Å². The molecule has 2 amide bonds. The Kier molecular flexibility index (Phi) is 6.52. The van der Waals surface area contributed by atoms with Gasteiger partial charge in [-0.15, -0.1) is 0 Å². The number of carbonyl (C=O) groups is 2. The average molecular weight is 509 g/mol. The number of aromatic nitrogens is 1. The molecule has 0 N–H and O–H groups in total. The van der Waals surface area contributed by atoms with Gasteiger partial charge in [-0.2, -0.15) is 0 Å². The second-order valence-corrected chi connectivity index (χ2v) is 9.59. The number of fused-ring (bicyclic) bond motifs is 3. The lowest BCUT2D eigenvalue weighted by Gasteiger charge is -2.33. The van der Waals surface area contributed by atoms with E-state index in [4.69, 9.17) is 9.47 Å². The zero-order valence-corrected chi connectivity index (χ0v) is 20.8. The molecule has 0 saturated carbocycles. The maximum absolute atomic E-state index is 13.4. The zero-order valence-electron chi connectivity index (χ0n) is 20.8. The quantitative estimate of drug-likeness (QED) is 0.360. The minimum absolute atomic E-state index is 0.125. The van der Waals surface area contributed by atoms with E-state index in [0.29, 0.717) is 19.5 Å². The van der Waals surface area contributed by atoms with Crippen molar-refractivity contribution in [2.45, 2.75) is 31.7 Å². The highest BCUT2D eigenvalue weighted by molar-refractivity contribution is 5.94. The number of benzene rings is 3. The molecule has 2 saturated heterocycles. The molecular weight excluding hydrogens is 480 g/mol. The van der Waals surface area contributed by atoms with Gasteiger partial charge in [-0.3, -0.25) is 4.98 Å². The fourth-order valence-corrected chi connectivity index (χ4v) is 5.38. The summed E-state index contributed by atoms with van der Waals surface area (Å²) in [5.74, 6) is 0. The molecule has 4 aromatic rings. The number of nitrogens with zero attached hydrogens (tertiary/aromatic N) is 4. The average Bonchev–Trinajstić information content (AvgIpc) is 3.24. The van der Waals surface area contributed by atoms with E-state index in [9.17, 15) is 9.59 Å². The minimum Gasteiger partial charge on any atom is -0.443 e. The van der Waals surface area contributed by atoms with Gasteiger partial charge in [0.25, 0.3) is 0 Å². The van der Waals surface area contributed by atoms with E-state index >= 15 is 0 Å². The van der Waals surface area contributed by atoms with E-state index in [1.165, 1.54) is 10.0 Å². The van der Waals surface area contributed by atoms with Gasteiger partial charge in [-0.25, -0.2) is 19.6 Å². The van der Waals surface area contributed by atoms with Gasteiger partial charge in [0, 0.05) is 41.9 Å². The van der Waals surface area contributed by atoms with Gasteiger partial charge in [0.2, 0.25) is 0 Å². The van der Waals surface area contributed by atoms with E-state index in [-0.39, 0.29) is 25.3 Å². The Morgan fingerprint density at radius 2 is 1.32 bits per heavy atom. The van der Waals surface area contributed by atoms with Crippen LogP contribution in [0.25, 0.3) is 10.8 Å². The minimum atomic E-state index is -0.554. The van der Waals surface area contributed by atoms with Gasteiger partial charge in [0.15, 0.2) is 0 Å². The van der Waals surface area contributed by atoms with E-state index in [1.54, 1.807) is 6.20 Å². The number of hydrogen-bond donors (Lipinski definition) is 0. The summed E-state index contributed by atoms with van der Waals surface area (Å²) in [4.78, 5) is 33.4. The molecule has 3 heterocycles. The number of rotatable bonds is 5. The topological polar surface area (TPSA) is 75.2 Å². The lowest BCUT2D eigenvalue weighted by atomic mass is 10.0. The molecule has 2 bridgehead atoms. The number of ether oxygens (including phenoxy) is 2. The highest BCUT2D eigenvalue weighted by Crippen LogP contribution is 2.36. The van der Waals surface area contributed by atoms with Crippen LogP contribution in [0.5, 0.6) is 0 Å². The number of amides is 2. The molecule has 0 aliphatic carbocycles. The fraction of sp³-hybridized carbons (Fsp3) is 0.233. The predicted octanol–water partition coefficient (Wildman–Crippen LogP) is 5.39. The summed E-state index contributed by atoms with van der Waals surface area (Å²) in [5.41, 5.74) is 2.82. The Morgan fingerprint density at radius 1 is 0.737 bits per heavy atom. The number of piperidine rings is 1. The molecule has 6 rings (SSSR count). The van der Waals surface area contributed by atoms with Gasteiger partial charge < -0.3 is 14.4 Å². The number of hydrazine groups is 1. The van der Waals surface area contributed by atoms with Crippen LogP contribution >= 0.6 is 0 Å². The number of carbonyl (C=O) groups excluding carboxylic acids is 2. The van der Waals surface area contributed by atoms with Crippen LogP contribution in [0.4, 0.5) is 15.3 Å². The number of anilines is 1. The van der Waals surface area contributed by atoms with Gasteiger partial charge in [-0.1, -0.05) is 72.8 Å². The van der Waals surface area contributed by atoms with Gasteiger partial charge >= 0.3 is 12.2 Å². The van der Waals surface area contributed by atoms with Crippen LogP contribution in [0.2, 0.25) is 0 Å². The summed E-state index contributed by atoms with van der Waals surface area (Å²) in [6.45, 7) is 1.39. The molecule has 2 fully saturated rings. The molecule has 8 heteroatoms. The number of hydrogen-bond acceptors (Lipinski definition) is 6. The molecule has 2 atom stereocenters. The molecule has 0 unspecified atom stereocenters. The molecule has 2 aliphatic rings. The highest BCUT2D eigenvalue weighted by atomic mass is 16.6. The van der Waals surface area contributed by atoms with Crippen LogP contribution < -0.4 is 4.90 Å².